The molecule has 2 aromatic carbocycles. The Morgan fingerprint density at radius 2 is 1.87 bits per heavy atom. The summed E-state index contributed by atoms with van der Waals surface area (Å²) in [5.41, 5.74) is -2.16. The van der Waals surface area contributed by atoms with E-state index in [9.17, 15) is 22.8 Å². The van der Waals surface area contributed by atoms with Crippen molar-refractivity contribution in [3.63, 3.8) is 0 Å². The molecule has 1 saturated heterocycles. The van der Waals surface area contributed by atoms with Gasteiger partial charge < -0.3 is 24.7 Å². The van der Waals surface area contributed by atoms with Crippen molar-refractivity contribution in [3.05, 3.63) is 63.0 Å². The zero-order chi connectivity index (χ0) is 27.9. The SMILES string of the molecule is COc1cc(C(=O)N2C[C@@H](C)O[C@@H](C)C2)cc(F)c1NC(C)c1cc2c(=O)[nH]c(C)nc2cc1C(F)(F)F. The Kier molecular flexibility index (Phi) is 7.37. The first-order valence-electron chi connectivity index (χ1n) is 12.0. The Morgan fingerprint density at radius 1 is 1.21 bits per heavy atom. The van der Waals surface area contributed by atoms with E-state index in [1.165, 1.54) is 27.0 Å². The van der Waals surface area contributed by atoms with Gasteiger partial charge in [0, 0.05) is 24.7 Å². The molecule has 4 rings (SSSR count). The van der Waals surface area contributed by atoms with Crippen LogP contribution >= 0.6 is 0 Å². The number of rotatable bonds is 5. The quantitative estimate of drug-likeness (QED) is 0.454. The van der Waals surface area contributed by atoms with Crippen LogP contribution in [0.25, 0.3) is 10.9 Å². The molecule has 12 heteroatoms. The monoisotopic (exact) mass is 536 g/mol. The Balaban J connectivity index is 1.71. The van der Waals surface area contributed by atoms with Gasteiger partial charge in [-0.2, -0.15) is 13.2 Å². The molecule has 3 aromatic rings. The highest BCUT2D eigenvalue weighted by Gasteiger charge is 2.36. The van der Waals surface area contributed by atoms with E-state index in [4.69, 9.17) is 9.47 Å². The number of ether oxygens (including phenoxy) is 2. The number of morpholine rings is 1. The lowest BCUT2D eigenvalue weighted by molar-refractivity contribution is -0.138. The van der Waals surface area contributed by atoms with Gasteiger partial charge in [0.25, 0.3) is 11.5 Å². The number of aromatic amines is 1. The number of alkyl halides is 3. The number of methoxy groups -OCH3 is 1. The summed E-state index contributed by atoms with van der Waals surface area (Å²) in [5, 5.41) is 2.70. The first-order chi connectivity index (χ1) is 17.8. The number of fused-ring (bicyclic) bond motifs is 1. The van der Waals surface area contributed by atoms with E-state index in [1.807, 2.05) is 13.8 Å². The van der Waals surface area contributed by atoms with Crippen molar-refractivity contribution in [1.82, 2.24) is 14.9 Å². The number of aromatic nitrogens is 2. The van der Waals surface area contributed by atoms with E-state index in [1.54, 1.807) is 4.90 Å². The molecule has 204 valence electrons. The number of aryl methyl sites for hydroxylation is 1. The van der Waals surface area contributed by atoms with Crippen molar-refractivity contribution >= 4 is 22.5 Å². The Labute approximate surface area is 216 Å². The van der Waals surface area contributed by atoms with E-state index < -0.39 is 35.1 Å². The lowest BCUT2D eigenvalue weighted by Gasteiger charge is -2.35. The molecule has 1 fully saturated rings. The molecule has 1 aliphatic heterocycles. The molecule has 0 radical (unpaired) electrons. The van der Waals surface area contributed by atoms with Gasteiger partial charge in [0.15, 0.2) is 5.82 Å². The lowest BCUT2D eigenvalue weighted by Crippen LogP contribution is -2.48. The number of hydrogen-bond acceptors (Lipinski definition) is 6. The highest BCUT2D eigenvalue weighted by molar-refractivity contribution is 5.95. The first-order valence-corrected chi connectivity index (χ1v) is 12.0. The van der Waals surface area contributed by atoms with Gasteiger partial charge >= 0.3 is 6.18 Å². The van der Waals surface area contributed by atoms with E-state index in [2.05, 4.69) is 15.3 Å². The fourth-order valence-electron chi connectivity index (χ4n) is 4.75. The molecule has 0 aliphatic carbocycles. The average Bonchev–Trinajstić information content (AvgIpc) is 2.82. The van der Waals surface area contributed by atoms with Gasteiger partial charge in [-0.1, -0.05) is 0 Å². The summed E-state index contributed by atoms with van der Waals surface area (Å²) in [6.07, 6.45) is -5.14. The Hall–Kier alpha value is -3.67. The maximum atomic E-state index is 15.3. The van der Waals surface area contributed by atoms with Gasteiger partial charge in [-0.25, -0.2) is 9.37 Å². The van der Waals surface area contributed by atoms with Crippen LogP contribution < -0.4 is 15.6 Å². The normalized spacial score (nSPS) is 18.9. The molecule has 8 nitrogen and oxygen atoms in total. The minimum atomic E-state index is -4.76. The molecular weight excluding hydrogens is 508 g/mol. The predicted molar refractivity (Wildman–Crippen MR) is 133 cm³/mol. The smallest absolute Gasteiger partial charge is 0.416 e. The number of H-pyrrole nitrogens is 1. The van der Waals surface area contributed by atoms with Gasteiger partial charge in [-0.05, 0) is 57.5 Å². The van der Waals surface area contributed by atoms with Crippen LogP contribution in [0, 0.1) is 12.7 Å². The number of amides is 1. The molecule has 0 saturated carbocycles. The number of carbonyl (C=O) groups is 1. The fraction of sp³-hybridized carbons (Fsp3) is 0.423. The van der Waals surface area contributed by atoms with Crippen molar-refractivity contribution in [3.8, 4) is 5.75 Å². The summed E-state index contributed by atoms with van der Waals surface area (Å²) >= 11 is 0. The zero-order valence-electron chi connectivity index (χ0n) is 21.5. The van der Waals surface area contributed by atoms with Crippen molar-refractivity contribution in [2.75, 3.05) is 25.5 Å². The summed E-state index contributed by atoms with van der Waals surface area (Å²) in [4.78, 5) is 33.5. The average molecular weight is 537 g/mol. The highest BCUT2D eigenvalue weighted by atomic mass is 19.4. The molecule has 2 heterocycles. The number of anilines is 1. The Morgan fingerprint density at radius 3 is 2.47 bits per heavy atom. The summed E-state index contributed by atoms with van der Waals surface area (Å²) in [6.45, 7) is 7.20. The van der Waals surface area contributed by atoms with Crippen LogP contribution in [0.2, 0.25) is 0 Å². The van der Waals surface area contributed by atoms with E-state index in [-0.39, 0.29) is 51.5 Å². The van der Waals surface area contributed by atoms with Crippen molar-refractivity contribution in [1.29, 1.82) is 0 Å². The largest absolute Gasteiger partial charge is 0.494 e. The summed E-state index contributed by atoms with van der Waals surface area (Å²) < 4.78 is 68.2. The van der Waals surface area contributed by atoms with E-state index in [0.29, 0.717) is 13.1 Å². The molecule has 3 atom stereocenters. The standard InChI is InChI=1S/C26H28F4N4O4/c1-12-10-34(11-13(2)38-12)25(36)16-6-20(27)23(22(7-16)37-5)31-14(3)17-8-18-21(9-19(17)26(28,29)30)32-15(4)33-24(18)35/h6-9,12-14,31H,10-11H2,1-5H3,(H,32,33,35)/t12-,13+,14?. The van der Waals surface area contributed by atoms with Gasteiger partial charge in [0.2, 0.25) is 0 Å². The van der Waals surface area contributed by atoms with Crippen LogP contribution in [0.4, 0.5) is 23.2 Å². The number of nitrogens with one attached hydrogen (secondary N) is 2. The minimum absolute atomic E-state index is 0.0328. The molecular formula is C26H28F4N4O4. The van der Waals surface area contributed by atoms with Crippen LogP contribution in [0.3, 0.4) is 0 Å². The highest BCUT2D eigenvalue weighted by Crippen LogP contribution is 2.39. The number of nitrogens with zero attached hydrogens (tertiary/aromatic N) is 2. The maximum absolute atomic E-state index is 15.3. The molecule has 2 N–H and O–H groups in total. The predicted octanol–water partition coefficient (Wildman–Crippen LogP) is 4.82. The Bertz CT molecular complexity index is 1430. The maximum Gasteiger partial charge on any atom is 0.416 e. The van der Waals surface area contributed by atoms with E-state index >= 15 is 4.39 Å². The number of hydrogen-bond donors (Lipinski definition) is 2. The van der Waals surface area contributed by atoms with Gasteiger partial charge in [-0.15, -0.1) is 0 Å². The number of benzene rings is 2. The van der Waals surface area contributed by atoms with Gasteiger partial charge in [0.05, 0.1) is 35.8 Å². The van der Waals surface area contributed by atoms with Crippen LogP contribution in [-0.2, 0) is 10.9 Å². The summed E-state index contributed by atoms with van der Waals surface area (Å²) in [6, 6.07) is 3.16. The molecule has 38 heavy (non-hydrogen) atoms. The fourth-order valence-corrected chi connectivity index (χ4v) is 4.75. The minimum Gasteiger partial charge on any atom is -0.494 e. The number of halogens is 4. The molecule has 1 aromatic heterocycles. The molecule has 0 spiro atoms. The molecule has 1 amide bonds. The summed E-state index contributed by atoms with van der Waals surface area (Å²) in [5.74, 6) is -1.17. The van der Waals surface area contributed by atoms with Crippen LogP contribution in [0.5, 0.6) is 5.75 Å². The molecule has 0 bridgehead atoms. The third-order valence-electron chi connectivity index (χ3n) is 6.36. The second-order valence-electron chi connectivity index (χ2n) is 9.47. The van der Waals surface area contributed by atoms with Gasteiger partial charge in [-0.3, -0.25) is 9.59 Å². The zero-order valence-corrected chi connectivity index (χ0v) is 21.5. The third-order valence-corrected chi connectivity index (χ3v) is 6.36. The van der Waals surface area contributed by atoms with Crippen LogP contribution in [0.1, 0.15) is 54.1 Å². The third kappa shape index (κ3) is 5.45. The van der Waals surface area contributed by atoms with Crippen molar-refractivity contribution in [2.24, 2.45) is 0 Å². The first kappa shape index (κ1) is 27.4. The van der Waals surface area contributed by atoms with Gasteiger partial charge in [0.1, 0.15) is 17.3 Å². The van der Waals surface area contributed by atoms with Crippen LogP contribution in [-0.4, -0.2) is 53.2 Å². The number of carbonyl (C=O) groups excluding carboxylic acids is 1. The topological polar surface area (TPSA) is 96.5 Å². The second-order valence-corrected chi connectivity index (χ2v) is 9.47. The molecule has 1 unspecified atom stereocenters. The van der Waals surface area contributed by atoms with Crippen LogP contribution in [0.15, 0.2) is 29.1 Å². The lowest BCUT2D eigenvalue weighted by atomic mass is 9.98. The second kappa shape index (κ2) is 10.2. The van der Waals surface area contributed by atoms with E-state index in [0.717, 1.165) is 18.2 Å². The van der Waals surface area contributed by atoms with Crippen molar-refractivity contribution in [2.45, 2.75) is 52.1 Å². The van der Waals surface area contributed by atoms with Crippen molar-refractivity contribution < 1.29 is 31.8 Å². The summed E-state index contributed by atoms with van der Waals surface area (Å²) in [7, 11) is 1.27. The molecule has 1 aliphatic rings.